The molecule has 0 unspecified atom stereocenters. The Labute approximate surface area is 167 Å². The van der Waals surface area contributed by atoms with Gasteiger partial charge in [-0.15, -0.1) is 0 Å². The highest BCUT2D eigenvalue weighted by Gasteiger charge is 2.23. The summed E-state index contributed by atoms with van der Waals surface area (Å²) in [5, 5.41) is 8.32. The molecule has 0 spiro atoms. The first-order valence-corrected chi connectivity index (χ1v) is 9.54. The molecule has 1 saturated heterocycles. The van der Waals surface area contributed by atoms with Crippen molar-refractivity contribution in [3.05, 3.63) is 52.3 Å². The van der Waals surface area contributed by atoms with Crippen molar-refractivity contribution >= 4 is 34.9 Å². The van der Waals surface area contributed by atoms with Crippen molar-refractivity contribution in [2.24, 2.45) is 5.92 Å². The van der Waals surface area contributed by atoms with Crippen LogP contribution in [-0.4, -0.2) is 34.8 Å². The maximum absolute atomic E-state index is 6.03. The summed E-state index contributed by atoms with van der Waals surface area (Å²) < 4.78 is 5.31. The molecule has 0 saturated carbocycles. The zero-order chi connectivity index (χ0) is 18.8. The summed E-state index contributed by atoms with van der Waals surface area (Å²) in [5.41, 5.74) is 2.99. The van der Waals surface area contributed by atoms with Crippen molar-refractivity contribution in [2.45, 2.75) is 13.3 Å². The zero-order valence-corrected chi connectivity index (χ0v) is 16.3. The quantitative estimate of drug-likeness (QED) is 0.666. The fourth-order valence-electron chi connectivity index (χ4n) is 3.29. The third kappa shape index (κ3) is 4.34. The molecule has 1 fully saturated rings. The van der Waals surface area contributed by atoms with Gasteiger partial charge in [0.15, 0.2) is 0 Å². The second-order valence-electron chi connectivity index (χ2n) is 6.72. The molecule has 1 aliphatic heterocycles. The summed E-state index contributed by atoms with van der Waals surface area (Å²) in [4.78, 5) is 11.0. The number of hydrogen-bond donors (Lipinski definition) is 1. The first-order valence-electron chi connectivity index (χ1n) is 8.78. The van der Waals surface area contributed by atoms with Crippen LogP contribution in [0, 0.1) is 12.8 Å². The normalized spacial score (nSPS) is 16.7. The molecule has 2 aromatic heterocycles. The molecule has 0 aliphatic carbocycles. The summed E-state index contributed by atoms with van der Waals surface area (Å²) in [5.74, 6) is 0.969. The number of aryl methyl sites for hydroxylation is 1. The van der Waals surface area contributed by atoms with E-state index in [4.69, 9.17) is 27.7 Å². The predicted molar refractivity (Wildman–Crippen MR) is 108 cm³/mol. The molecule has 1 aliphatic rings. The fourth-order valence-corrected chi connectivity index (χ4v) is 3.81. The van der Waals surface area contributed by atoms with Crippen LogP contribution >= 0.6 is 23.2 Å². The molecule has 0 amide bonds. The molecule has 3 heterocycles. The minimum absolute atomic E-state index is 0.402. The molecule has 1 atom stereocenters. The van der Waals surface area contributed by atoms with Gasteiger partial charge in [-0.25, -0.2) is 0 Å². The molecule has 4 rings (SSSR count). The number of rotatable bonds is 5. The van der Waals surface area contributed by atoms with Crippen LogP contribution in [0.4, 0.5) is 11.7 Å². The van der Waals surface area contributed by atoms with E-state index in [1.807, 2.05) is 13.1 Å². The van der Waals surface area contributed by atoms with E-state index >= 15 is 0 Å². The van der Waals surface area contributed by atoms with Crippen LogP contribution in [0.25, 0.3) is 11.4 Å². The van der Waals surface area contributed by atoms with Gasteiger partial charge in [0.2, 0.25) is 5.82 Å². The van der Waals surface area contributed by atoms with Gasteiger partial charge < -0.3 is 14.7 Å². The topological polar surface area (TPSA) is 67.1 Å². The lowest BCUT2D eigenvalue weighted by Gasteiger charge is -2.18. The number of halogens is 2. The number of anilines is 2. The van der Waals surface area contributed by atoms with Gasteiger partial charge in [-0.1, -0.05) is 28.4 Å². The summed E-state index contributed by atoms with van der Waals surface area (Å²) in [6.07, 6.45) is 2.97. The Kier molecular flexibility index (Phi) is 5.18. The highest BCUT2D eigenvalue weighted by molar-refractivity contribution is 6.35. The van der Waals surface area contributed by atoms with Crippen molar-refractivity contribution in [2.75, 3.05) is 29.9 Å². The van der Waals surface area contributed by atoms with Crippen LogP contribution in [0.5, 0.6) is 0 Å². The molecular formula is C19H19Cl2N5O. The van der Waals surface area contributed by atoms with Gasteiger partial charge >= 0.3 is 6.01 Å². The van der Waals surface area contributed by atoms with Crippen molar-refractivity contribution in [1.29, 1.82) is 0 Å². The smallest absolute Gasteiger partial charge is 0.321 e. The second-order valence-corrected chi connectivity index (χ2v) is 7.59. The minimum atomic E-state index is 0.402. The summed E-state index contributed by atoms with van der Waals surface area (Å²) in [7, 11) is 0. The summed E-state index contributed by atoms with van der Waals surface area (Å²) >= 11 is 12.1. The van der Waals surface area contributed by atoms with Crippen molar-refractivity contribution < 1.29 is 4.52 Å². The number of aromatic nitrogens is 3. The molecule has 1 aromatic carbocycles. The number of nitrogens with one attached hydrogen (secondary N) is 1. The molecule has 27 heavy (non-hydrogen) atoms. The summed E-state index contributed by atoms with van der Waals surface area (Å²) in [6.45, 7) is 4.81. The van der Waals surface area contributed by atoms with Crippen molar-refractivity contribution in [3.8, 4) is 11.4 Å². The number of benzene rings is 1. The van der Waals surface area contributed by atoms with Gasteiger partial charge in [0.1, 0.15) is 0 Å². The monoisotopic (exact) mass is 403 g/mol. The fraction of sp³-hybridized carbons (Fsp3) is 0.316. The van der Waals surface area contributed by atoms with Crippen LogP contribution in [-0.2, 0) is 0 Å². The Morgan fingerprint density at radius 2 is 2.04 bits per heavy atom. The zero-order valence-electron chi connectivity index (χ0n) is 14.8. The van der Waals surface area contributed by atoms with Crippen LogP contribution < -0.4 is 10.2 Å². The van der Waals surface area contributed by atoms with Crippen LogP contribution in [0.15, 0.2) is 41.1 Å². The van der Waals surface area contributed by atoms with Gasteiger partial charge in [-0.3, -0.25) is 4.98 Å². The lowest BCUT2D eigenvalue weighted by atomic mass is 10.1. The van der Waals surface area contributed by atoms with Crippen molar-refractivity contribution in [1.82, 2.24) is 15.1 Å². The lowest BCUT2D eigenvalue weighted by molar-refractivity contribution is 0.428. The standard InChI is InChI=1S/C19H19Cl2N5O/c1-12-6-17(2-4-22-12)26-5-3-13(11-26)10-23-19-24-18(25-27-19)14-7-15(20)9-16(21)8-14/h2,4,6-9,13H,3,5,10-11H2,1H3,(H,23,24,25)/t13-/m1/s1. The number of pyridine rings is 1. The molecule has 1 N–H and O–H groups in total. The highest BCUT2D eigenvalue weighted by atomic mass is 35.5. The summed E-state index contributed by atoms with van der Waals surface area (Å²) in [6, 6.07) is 9.77. The number of nitrogens with zero attached hydrogens (tertiary/aromatic N) is 4. The minimum Gasteiger partial charge on any atom is -0.371 e. The van der Waals surface area contributed by atoms with E-state index in [-0.39, 0.29) is 0 Å². The Bertz CT molecular complexity index is 925. The van der Waals surface area contributed by atoms with Crippen LogP contribution in [0.1, 0.15) is 12.1 Å². The van der Waals surface area contributed by atoms with E-state index in [9.17, 15) is 0 Å². The molecule has 6 nitrogen and oxygen atoms in total. The first-order chi connectivity index (χ1) is 13.1. The lowest BCUT2D eigenvalue weighted by Crippen LogP contribution is -2.22. The third-order valence-corrected chi connectivity index (χ3v) is 5.06. The van der Waals surface area contributed by atoms with Crippen LogP contribution in [0.3, 0.4) is 0 Å². The first kappa shape index (κ1) is 18.1. The van der Waals surface area contributed by atoms with E-state index in [0.29, 0.717) is 27.8 Å². The van der Waals surface area contributed by atoms with Gasteiger partial charge in [0.05, 0.1) is 0 Å². The highest BCUT2D eigenvalue weighted by Crippen LogP contribution is 2.27. The second kappa shape index (κ2) is 7.74. The Morgan fingerprint density at radius 1 is 1.22 bits per heavy atom. The van der Waals surface area contributed by atoms with E-state index in [2.05, 4.69) is 37.5 Å². The molecule has 0 bridgehead atoms. The predicted octanol–water partition coefficient (Wildman–Crippen LogP) is 4.69. The SMILES string of the molecule is Cc1cc(N2CC[C@H](CNc3nc(-c4cc(Cl)cc(Cl)c4)no3)C2)ccn1. The molecule has 8 heteroatoms. The maximum atomic E-state index is 6.03. The molecule has 3 aromatic rings. The Hall–Kier alpha value is -2.31. The maximum Gasteiger partial charge on any atom is 0.321 e. The molecule has 0 radical (unpaired) electrons. The Balaban J connectivity index is 1.35. The van der Waals surface area contributed by atoms with Crippen LogP contribution in [0.2, 0.25) is 10.0 Å². The van der Waals surface area contributed by atoms with Crippen molar-refractivity contribution in [3.63, 3.8) is 0 Å². The van der Waals surface area contributed by atoms with E-state index in [1.165, 1.54) is 5.69 Å². The van der Waals surface area contributed by atoms with E-state index in [0.717, 1.165) is 37.3 Å². The van der Waals surface area contributed by atoms with Gasteiger partial charge in [-0.2, -0.15) is 4.98 Å². The van der Waals surface area contributed by atoms with Gasteiger partial charge in [0.25, 0.3) is 0 Å². The Morgan fingerprint density at radius 3 is 2.81 bits per heavy atom. The van der Waals surface area contributed by atoms with E-state index < -0.39 is 0 Å². The average Bonchev–Trinajstić information content (AvgIpc) is 3.29. The van der Waals surface area contributed by atoms with Gasteiger partial charge in [0, 0.05) is 52.8 Å². The van der Waals surface area contributed by atoms with E-state index in [1.54, 1.807) is 18.2 Å². The number of hydrogen-bond acceptors (Lipinski definition) is 6. The third-order valence-electron chi connectivity index (χ3n) is 4.62. The average molecular weight is 404 g/mol. The van der Waals surface area contributed by atoms with Gasteiger partial charge in [-0.05, 0) is 49.6 Å². The largest absolute Gasteiger partial charge is 0.371 e. The molecule has 140 valence electrons. The molecular weight excluding hydrogens is 385 g/mol.